The molecule has 0 aliphatic heterocycles. The van der Waals surface area contributed by atoms with Gasteiger partial charge in [0.05, 0.1) is 6.54 Å². The van der Waals surface area contributed by atoms with E-state index < -0.39 is 0 Å². The van der Waals surface area contributed by atoms with Crippen LogP contribution in [0.15, 0.2) is 42.5 Å². The number of amides is 1. The van der Waals surface area contributed by atoms with Gasteiger partial charge in [-0.2, -0.15) is 0 Å². The number of aryl methyl sites for hydroxylation is 3. The number of nitrogens with one attached hydrogen (secondary N) is 2. The Bertz CT molecular complexity index is 620. The van der Waals surface area contributed by atoms with Crippen molar-refractivity contribution in [3.05, 3.63) is 59.2 Å². The number of hydrogen-bond donors (Lipinski definition) is 2. The van der Waals surface area contributed by atoms with Crippen LogP contribution in [0.4, 0.5) is 11.4 Å². The smallest absolute Gasteiger partial charge is 0.243 e. The summed E-state index contributed by atoms with van der Waals surface area (Å²) in [6, 6.07) is 13.9. The molecular formula is C17H20N2O. The van der Waals surface area contributed by atoms with Gasteiger partial charge in [0.15, 0.2) is 0 Å². The fourth-order valence-electron chi connectivity index (χ4n) is 1.96. The molecule has 0 bridgehead atoms. The highest BCUT2D eigenvalue weighted by atomic mass is 16.1. The number of hydrogen-bond acceptors (Lipinski definition) is 2. The fraction of sp³-hybridized carbons (Fsp3) is 0.235. The van der Waals surface area contributed by atoms with Gasteiger partial charge in [-0.1, -0.05) is 18.2 Å². The van der Waals surface area contributed by atoms with E-state index in [1.54, 1.807) is 0 Å². The minimum atomic E-state index is -0.0465. The average molecular weight is 268 g/mol. The second kappa shape index (κ2) is 6.24. The Balaban J connectivity index is 1.91. The predicted molar refractivity (Wildman–Crippen MR) is 84.2 cm³/mol. The lowest BCUT2D eigenvalue weighted by Crippen LogP contribution is -2.21. The number of carbonyl (C=O) groups is 1. The molecule has 0 unspecified atom stereocenters. The van der Waals surface area contributed by atoms with E-state index in [2.05, 4.69) is 17.6 Å². The highest BCUT2D eigenvalue weighted by Gasteiger charge is 2.03. The summed E-state index contributed by atoms with van der Waals surface area (Å²) < 4.78 is 0. The summed E-state index contributed by atoms with van der Waals surface area (Å²) in [4.78, 5) is 11.9. The van der Waals surface area contributed by atoms with Crippen LogP contribution in [-0.2, 0) is 4.79 Å². The molecule has 20 heavy (non-hydrogen) atoms. The summed E-state index contributed by atoms with van der Waals surface area (Å²) in [6.07, 6.45) is 0. The zero-order valence-electron chi connectivity index (χ0n) is 12.2. The predicted octanol–water partition coefficient (Wildman–Crippen LogP) is 3.66. The Morgan fingerprint density at radius 3 is 2.45 bits per heavy atom. The molecule has 0 saturated carbocycles. The first-order valence-electron chi connectivity index (χ1n) is 6.72. The van der Waals surface area contributed by atoms with Crippen molar-refractivity contribution < 1.29 is 4.79 Å². The molecule has 3 nitrogen and oxygen atoms in total. The molecule has 1 amide bonds. The molecule has 2 aromatic carbocycles. The van der Waals surface area contributed by atoms with Crippen LogP contribution in [-0.4, -0.2) is 12.5 Å². The standard InChI is InChI=1S/C17H20N2O/c1-12-5-4-6-15(9-12)18-11-17(20)19-16-8-7-13(2)14(3)10-16/h4-10,18H,11H2,1-3H3,(H,19,20). The normalized spacial score (nSPS) is 10.2. The Hall–Kier alpha value is -2.29. The first kappa shape index (κ1) is 14.1. The van der Waals surface area contributed by atoms with Gasteiger partial charge in [0.25, 0.3) is 0 Å². The maximum atomic E-state index is 11.9. The molecule has 2 N–H and O–H groups in total. The Kier molecular flexibility index (Phi) is 4.41. The number of carbonyl (C=O) groups excluding carboxylic acids is 1. The number of rotatable bonds is 4. The van der Waals surface area contributed by atoms with Crippen molar-refractivity contribution in [2.24, 2.45) is 0 Å². The van der Waals surface area contributed by atoms with Crippen LogP contribution in [0.2, 0.25) is 0 Å². The van der Waals surface area contributed by atoms with E-state index in [-0.39, 0.29) is 12.5 Å². The van der Waals surface area contributed by atoms with Crippen molar-refractivity contribution in [2.75, 3.05) is 17.2 Å². The van der Waals surface area contributed by atoms with Crippen LogP contribution in [0.25, 0.3) is 0 Å². The van der Waals surface area contributed by atoms with Gasteiger partial charge in [-0.3, -0.25) is 4.79 Å². The maximum Gasteiger partial charge on any atom is 0.243 e. The minimum Gasteiger partial charge on any atom is -0.376 e. The molecule has 104 valence electrons. The van der Waals surface area contributed by atoms with Gasteiger partial charge < -0.3 is 10.6 Å². The average Bonchev–Trinajstić information content (AvgIpc) is 2.41. The zero-order valence-corrected chi connectivity index (χ0v) is 12.2. The summed E-state index contributed by atoms with van der Waals surface area (Å²) >= 11 is 0. The quantitative estimate of drug-likeness (QED) is 0.888. The first-order valence-corrected chi connectivity index (χ1v) is 6.72. The molecule has 0 radical (unpaired) electrons. The zero-order chi connectivity index (χ0) is 14.5. The van der Waals surface area contributed by atoms with E-state index in [1.165, 1.54) is 16.7 Å². The molecule has 0 saturated heterocycles. The summed E-state index contributed by atoms with van der Waals surface area (Å²) in [7, 11) is 0. The topological polar surface area (TPSA) is 41.1 Å². The molecule has 2 aromatic rings. The van der Waals surface area contributed by atoms with Gasteiger partial charge >= 0.3 is 0 Å². The second-order valence-electron chi connectivity index (χ2n) is 5.07. The van der Waals surface area contributed by atoms with Crippen molar-refractivity contribution in [3.8, 4) is 0 Å². The van der Waals surface area contributed by atoms with Crippen LogP contribution in [0.5, 0.6) is 0 Å². The van der Waals surface area contributed by atoms with E-state index in [0.29, 0.717) is 0 Å². The van der Waals surface area contributed by atoms with E-state index in [1.807, 2.05) is 56.3 Å². The van der Waals surface area contributed by atoms with E-state index in [4.69, 9.17) is 0 Å². The van der Waals surface area contributed by atoms with Crippen LogP contribution in [0, 0.1) is 20.8 Å². The highest BCUT2D eigenvalue weighted by Crippen LogP contribution is 2.14. The molecule has 0 atom stereocenters. The van der Waals surface area contributed by atoms with Crippen LogP contribution in [0.1, 0.15) is 16.7 Å². The maximum absolute atomic E-state index is 11.9. The van der Waals surface area contributed by atoms with Crippen LogP contribution < -0.4 is 10.6 Å². The lowest BCUT2D eigenvalue weighted by Gasteiger charge is -2.09. The minimum absolute atomic E-state index is 0.0465. The van der Waals surface area contributed by atoms with E-state index in [9.17, 15) is 4.79 Å². The van der Waals surface area contributed by atoms with E-state index in [0.717, 1.165) is 11.4 Å². The van der Waals surface area contributed by atoms with Gasteiger partial charge in [0, 0.05) is 11.4 Å². The lowest BCUT2D eigenvalue weighted by atomic mass is 10.1. The van der Waals surface area contributed by atoms with Gasteiger partial charge in [-0.15, -0.1) is 0 Å². The monoisotopic (exact) mass is 268 g/mol. The van der Waals surface area contributed by atoms with Gasteiger partial charge in [-0.05, 0) is 61.7 Å². The molecule has 0 aromatic heterocycles. The molecule has 0 aliphatic carbocycles. The molecule has 0 heterocycles. The third-order valence-electron chi connectivity index (χ3n) is 3.26. The Morgan fingerprint density at radius 1 is 0.950 bits per heavy atom. The van der Waals surface area contributed by atoms with Crippen molar-refractivity contribution in [2.45, 2.75) is 20.8 Å². The fourth-order valence-corrected chi connectivity index (χ4v) is 1.96. The van der Waals surface area contributed by atoms with Crippen molar-refractivity contribution in [3.63, 3.8) is 0 Å². The molecule has 0 spiro atoms. The Morgan fingerprint density at radius 2 is 1.75 bits per heavy atom. The van der Waals surface area contributed by atoms with Crippen LogP contribution in [0.3, 0.4) is 0 Å². The lowest BCUT2D eigenvalue weighted by molar-refractivity contribution is -0.114. The van der Waals surface area contributed by atoms with Gasteiger partial charge in [0.2, 0.25) is 5.91 Å². The highest BCUT2D eigenvalue weighted by molar-refractivity contribution is 5.93. The van der Waals surface area contributed by atoms with Crippen molar-refractivity contribution >= 4 is 17.3 Å². The molecule has 3 heteroatoms. The second-order valence-corrected chi connectivity index (χ2v) is 5.07. The largest absolute Gasteiger partial charge is 0.376 e. The summed E-state index contributed by atoms with van der Waals surface area (Å²) in [5, 5.41) is 6.01. The first-order chi connectivity index (χ1) is 9.54. The molecule has 2 rings (SSSR count). The van der Waals surface area contributed by atoms with Gasteiger partial charge in [-0.25, -0.2) is 0 Å². The molecule has 0 fully saturated rings. The van der Waals surface area contributed by atoms with E-state index >= 15 is 0 Å². The molecule has 0 aliphatic rings. The Labute approximate surface area is 120 Å². The third-order valence-corrected chi connectivity index (χ3v) is 3.26. The summed E-state index contributed by atoms with van der Waals surface area (Å²) in [5.74, 6) is -0.0465. The van der Waals surface area contributed by atoms with Crippen molar-refractivity contribution in [1.29, 1.82) is 0 Å². The summed E-state index contributed by atoms with van der Waals surface area (Å²) in [5.41, 5.74) is 5.37. The number of anilines is 2. The number of benzene rings is 2. The van der Waals surface area contributed by atoms with Crippen LogP contribution >= 0.6 is 0 Å². The summed E-state index contributed by atoms with van der Waals surface area (Å²) in [6.45, 7) is 6.38. The SMILES string of the molecule is Cc1cccc(NCC(=O)Nc2ccc(C)c(C)c2)c1. The third kappa shape index (κ3) is 3.85. The van der Waals surface area contributed by atoms with Gasteiger partial charge in [0.1, 0.15) is 0 Å². The van der Waals surface area contributed by atoms with Crippen molar-refractivity contribution in [1.82, 2.24) is 0 Å². The molecular weight excluding hydrogens is 248 g/mol.